The van der Waals surface area contributed by atoms with E-state index < -0.39 is 5.97 Å². The first-order chi connectivity index (χ1) is 16.3. The maximum absolute atomic E-state index is 13.0. The predicted molar refractivity (Wildman–Crippen MR) is 133 cm³/mol. The second-order valence-electron chi connectivity index (χ2n) is 7.92. The van der Waals surface area contributed by atoms with E-state index in [0.717, 1.165) is 11.1 Å². The standard InChI is InChI=1S/C26H24N4O4/c1-15-11-12-20(13-16(15)2)30-25(31)23(17(3)29-30)28-27-22-10-6-9-21(24(22)34-4)18-7-5-8-19(14-18)26(32)33/h5-14,27H,1-4H3,(H,32,33)/b28-23-. The molecule has 0 bridgehead atoms. The van der Waals surface area contributed by atoms with Gasteiger partial charge in [0.05, 0.1) is 29.8 Å². The molecule has 0 radical (unpaired) electrons. The predicted octanol–water partition coefficient (Wildman–Crippen LogP) is 4.87. The third-order valence-electron chi connectivity index (χ3n) is 5.65. The number of hydrogen-bond donors (Lipinski definition) is 2. The fourth-order valence-corrected chi connectivity index (χ4v) is 3.67. The fourth-order valence-electron chi connectivity index (χ4n) is 3.67. The summed E-state index contributed by atoms with van der Waals surface area (Å²) in [4.78, 5) is 24.4. The summed E-state index contributed by atoms with van der Waals surface area (Å²) in [6.07, 6.45) is 0. The molecule has 0 spiro atoms. The number of carboxylic acids is 1. The van der Waals surface area contributed by atoms with Crippen molar-refractivity contribution >= 4 is 34.7 Å². The highest BCUT2D eigenvalue weighted by Gasteiger charge is 2.31. The quantitative estimate of drug-likeness (QED) is 0.515. The third-order valence-corrected chi connectivity index (χ3v) is 5.65. The van der Waals surface area contributed by atoms with Crippen molar-refractivity contribution in [2.75, 3.05) is 17.5 Å². The Morgan fingerprint density at radius 1 is 1.03 bits per heavy atom. The lowest BCUT2D eigenvalue weighted by molar-refractivity contribution is -0.112. The molecule has 1 heterocycles. The van der Waals surface area contributed by atoms with Crippen LogP contribution in [0.15, 0.2) is 70.9 Å². The summed E-state index contributed by atoms with van der Waals surface area (Å²) < 4.78 is 5.61. The van der Waals surface area contributed by atoms with Gasteiger partial charge < -0.3 is 9.84 Å². The van der Waals surface area contributed by atoms with E-state index in [4.69, 9.17) is 4.74 Å². The molecule has 0 saturated carbocycles. The number of amides is 1. The molecule has 1 aliphatic rings. The largest absolute Gasteiger partial charge is 0.494 e. The van der Waals surface area contributed by atoms with E-state index in [9.17, 15) is 14.7 Å². The van der Waals surface area contributed by atoms with Gasteiger partial charge in [-0.3, -0.25) is 10.2 Å². The van der Waals surface area contributed by atoms with Gasteiger partial charge in [-0.25, -0.2) is 4.79 Å². The average molecular weight is 457 g/mol. The van der Waals surface area contributed by atoms with E-state index in [0.29, 0.717) is 34.0 Å². The number of rotatable bonds is 6. The molecule has 0 saturated heterocycles. The number of methoxy groups -OCH3 is 1. The van der Waals surface area contributed by atoms with Gasteiger partial charge in [0.1, 0.15) is 0 Å². The molecule has 0 aliphatic carbocycles. The van der Waals surface area contributed by atoms with Gasteiger partial charge in [0.25, 0.3) is 0 Å². The van der Waals surface area contributed by atoms with Crippen LogP contribution >= 0.6 is 0 Å². The summed E-state index contributed by atoms with van der Waals surface area (Å²) >= 11 is 0. The molecule has 3 aromatic carbocycles. The highest BCUT2D eigenvalue weighted by molar-refractivity contribution is 6.71. The zero-order valence-electron chi connectivity index (χ0n) is 19.3. The first-order valence-electron chi connectivity index (χ1n) is 10.6. The van der Waals surface area contributed by atoms with E-state index in [2.05, 4.69) is 15.6 Å². The smallest absolute Gasteiger partial charge is 0.335 e. The number of ether oxygens (including phenoxy) is 1. The van der Waals surface area contributed by atoms with Crippen LogP contribution in [-0.2, 0) is 4.79 Å². The Bertz CT molecular complexity index is 1360. The number of carbonyl (C=O) groups excluding carboxylic acids is 1. The van der Waals surface area contributed by atoms with Gasteiger partial charge in [0, 0.05) is 5.56 Å². The molecular weight excluding hydrogens is 432 g/mol. The minimum absolute atomic E-state index is 0.174. The second kappa shape index (κ2) is 9.19. The summed E-state index contributed by atoms with van der Waals surface area (Å²) in [6, 6.07) is 17.7. The minimum atomic E-state index is -1.01. The number of benzene rings is 3. The normalized spacial score (nSPS) is 14.4. The van der Waals surface area contributed by atoms with E-state index >= 15 is 0 Å². The topological polar surface area (TPSA) is 104 Å². The summed E-state index contributed by atoms with van der Waals surface area (Å²) in [5.41, 5.74) is 8.55. The van der Waals surface area contributed by atoms with Crippen molar-refractivity contribution in [1.82, 2.24) is 0 Å². The van der Waals surface area contributed by atoms with Crippen molar-refractivity contribution < 1.29 is 19.4 Å². The van der Waals surface area contributed by atoms with Crippen LogP contribution < -0.4 is 15.2 Å². The first kappa shape index (κ1) is 22.7. The van der Waals surface area contributed by atoms with Gasteiger partial charge in [0.15, 0.2) is 11.5 Å². The first-order valence-corrected chi connectivity index (χ1v) is 10.6. The number of nitrogens with zero attached hydrogens (tertiary/aromatic N) is 3. The Balaban J connectivity index is 1.64. The van der Waals surface area contributed by atoms with Gasteiger partial charge in [-0.2, -0.15) is 15.2 Å². The number of carboxylic acid groups (broad SMARTS) is 1. The summed E-state index contributed by atoms with van der Waals surface area (Å²) in [5.74, 6) is -0.873. The Kier molecular flexibility index (Phi) is 6.14. The van der Waals surface area contributed by atoms with Crippen LogP contribution in [0.1, 0.15) is 28.4 Å². The highest BCUT2D eigenvalue weighted by Crippen LogP contribution is 2.37. The number of nitrogens with one attached hydrogen (secondary N) is 1. The molecule has 1 amide bonds. The van der Waals surface area contributed by atoms with E-state index in [-0.39, 0.29) is 17.2 Å². The molecule has 4 rings (SSSR count). The van der Waals surface area contributed by atoms with Gasteiger partial charge in [0.2, 0.25) is 0 Å². The minimum Gasteiger partial charge on any atom is -0.494 e. The highest BCUT2D eigenvalue weighted by atomic mass is 16.5. The van der Waals surface area contributed by atoms with E-state index in [1.54, 1.807) is 37.3 Å². The van der Waals surface area contributed by atoms with Gasteiger partial charge >= 0.3 is 11.9 Å². The Morgan fingerprint density at radius 3 is 2.50 bits per heavy atom. The molecule has 3 aromatic rings. The monoisotopic (exact) mass is 456 g/mol. The lowest BCUT2D eigenvalue weighted by Gasteiger charge is -2.14. The van der Waals surface area contributed by atoms with Gasteiger partial charge in [-0.1, -0.05) is 30.3 Å². The number of aryl methyl sites for hydroxylation is 2. The van der Waals surface area contributed by atoms with Crippen molar-refractivity contribution in [1.29, 1.82) is 0 Å². The molecule has 0 atom stereocenters. The Morgan fingerprint density at radius 2 is 1.79 bits per heavy atom. The van der Waals surface area contributed by atoms with Gasteiger partial charge in [-0.15, -0.1) is 0 Å². The molecule has 0 unspecified atom stereocenters. The Hall–Kier alpha value is -4.46. The van der Waals surface area contributed by atoms with Crippen LogP contribution in [0.3, 0.4) is 0 Å². The number of para-hydroxylation sites is 1. The molecule has 8 heteroatoms. The van der Waals surface area contributed by atoms with Crippen LogP contribution in [-0.4, -0.2) is 35.5 Å². The van der Waals surface area contributed by atoms with Crippen molar-refractivity contribution in [3.05, 3.63) is 77.4 Å². The summed E-state index contributed by atoms with van der Waals surface area (Å²) in [5, 5.41) is 19.4. The maximum Gasteiger partial charge on any atom is 0.335 e. The molecule has 34 heavy (non-hydrogen) atoms. The van der Waals surface area contributed by atoms with Crippen LogP contribution in [0.2, 0.25) is 0 Å². The number of carbonyl (C=O) groups is 2. The van der Waals surface area contributed by atoms with Crippen LogP contribution in [0.4, 0.5) is 11.4 Å². The van der Waals surface area contributed by atoms with Crippen molar-refractivity contribution in [2.45, 2.75) is 20.8 Å². The molecule has 0 fully saturated rings. The molecular formula is C26H24N4O4. The number of anilines is 2. The van der Waals surface area contributed by atoms with Crippen molar-refractivity contribution in [2.24, 2.45) is 10.2 Å². The van der Waals surface area contributed by atoms with Gasteiger partial charge in [-0.05, 0) is 67.8 Å². The lowest BCUT2D eigenvalue weighted by Crippen LogP contribution is -2.28. The molecule has 1 aliphatic heterocycles. The van der Waals surface area contributed by atoms with Crippen LogP contribution in [0, 0.1) is 13.8 Å². The molecule has 0 aromatic heterocycles. The average Bonchev–Trinajstić information content (AvgIpc) is 3.12. The number of hydrazone groups is 2. The SMILES string of the molecule is COc1c(N/N=C2\C(=O)N(c3ccc(C)c(C)c3)N=C2C)cccc1-c1cccc(C(=O)O)c1. The molecule has 172 valence electrons. The Labute approximate surface area is 197 Å². The third kappa shape index (κ3) is 4.25. The van der Waals surface area contributed by atoms with E-state index in [1.165, 1.54) is 18.2 Å². The maximum atomic E-state index is 13.0. The summed E-state index contributed by atoms with van der Waals surface area (Å²) in [7, 11) is 1.52. The number of aromatic carboxylic acids is 1. The van der Waals surface area contributed by atoms with E-state index in [1.807, 2.05) is 38.1 Å². The van der Waals surface area contributed by atoms with Crippen LogP contribution in [0.25, 0.3) is 11.1 Å². The fraction of sp³-hybridized carbons (Fsp3) is 0.154. The second-order valence-corrected chi connectivity index (χ2v) is 7.92. The van der Waals surface area contributed by atoms with Crippen molar-refractivity contribution in [3.8, 4) is 16.9 Å². The molecule has 2 N–H and O–H groups in total. The van der Waals surface area contributed by atoms with Crippen molar-refractivity contribution in [3.63, 3.8) is 0 Å². The zero-order valence-corrected chi connectivity index (χ0v) is 19.3. The lowest BCUT2D eigenvalue weighted by atomic mass is 10.0. The van der Waals surface area contributed by atoms with Crippen LogP contribution in [0.5, 0.6) is 5.75 Å². The summed E-state index contributed by atoms with van der Waals surface area (Å²) in [6.45, 7) is 5.72. The zero-order chi connectivity index (χ0) is 24.4. The number of hydrogen-bond acceptors (Lipinski definition) is 6. The molecule has 8 nitrogen and oxygen atoms in total.